The third-order valence-electron chi connectivity index (χ3n) is 7.20. The normalized spacial score (nSPS) is 24.5. The van der Waals surface area contributed by atoms with E-state index in [1.165, 1.54) is 5.56 Å². The second kappa shape index (κ2) is 9.56. The first kappa shape index (κ1) is 25.1. The number of likely N-dealkylation sites (N-methyl/N-ethyl adjacent to an activating group) is 1. The van der Waals surface area contributed by atoms with Gasteiger partial charge in [0.1, 0.15) is 5.82 Å². The van der Waals surface area contributed by atoms with Crippen LogP contribution >= 0.6 is 0 Å². The Morgan fingerprint density at radius 3 is 2.54 bits per heavy atom. The van der Waals surface area contributed by atoms with Crippen molar-refractivity contribution in [2.24, 2.45) is 5.92 Å². The maximum Gasteiger partial charge on any atom is 0.419 e. The van der Waals surface area contributed by atoms with Gasteiger partial charge in [0.05, 0.1) is 19.8 Å². The number of anilines is 1. The van der Waals surface area contributed by atoms with Crippen LogP contribution in [0.3, 0.4) is 0 Å². The summed E-state index contributed by atoms with van der Waals surface area (Å²) in [6.45, 7) is 1.74. The van der Waals surface area contributed by atoms with Crippen LogP contribution in [-0.4, -0.2) is 51.3 Å². The SMILES string of the molecule is COc1ccc([C@@]23CC[C@H](NC(=O)Nc4ccc(F)c(C(F)(F)F)c4)C[C@@H]2CN(C)C3)cc1OC. The van der Waals surface area contributed by atoms with Crippen LogP contribution in [-0.2, 0) is 11.6 Å². The monoisotopic (exact) mass is 495 g/mol. The highest BCUT2D eigenvalue weighted by molar-refractivity contribution is 5.89. The quantitative estimate of drug-likeness (QED) is 0.571. The molecule has 2 fully saturated rings. The zero-order valence-corrected chi connectivity index (χ0v) is 19.8. The molecule has 2 aromatic rings. The number of amides is 2. The first-order valence-corrected chi connectivity index (χ1v) is 11.4. The fraction of sp³-hybridized carbons (Fsp3) is 0.480. The van der Waals surface area contributed by atoms with Crippen LogP contribution in [0, 0.1) is 11.7 Å². The smallest absolute Gasteiger partial charge is 0.419 e. The fourth-order valence-electron chi connectivity index (χ4n) is 5.62. The fourth-order valence-corrected chi connectivity index (χ4v) is 5.62. The number of benzene rings is 2. The molecule has 35 heavy (non-hydrogen) atoms. The first-order valence-electron chi connectivity index (χ1n) is 11.4. The number of hydrogen-bond donors (Lipinski definition) is 2. The van der Waals surface area contributed by atoms with Crippen LogP contribution in [0.2, 0.25) is 0 Å². The van der Waals surface area contributed by atoms with Crippen LogP contribution in [0.1, 0.15) is 30.4 Å². The third-order valence-corrected chi connectivity index (χ3v) is 7.20. The molecule has 0 aromatic heterocycles. The van der Waals surface area contributed by atoms with Gasteiger partial charge in [-0.3, -0.25) is 0 Å². The number of fused-ring (bicyclic) bond motifs is 1. The van der Waals surface area contributed by atoms with E-state index in [1.807, 2.05) is 12.1 Å². The summed E-state index contributed by atoms with van der Waals surface area (Å²) >= 11 is 0. The summed E-state index contributed by atoms with van der Waals surface area (Å²) in [5.41, 5.74) is -0.464. The van der Waals surface area contributed by atoms with Crippen LogP contribution < -0.4 is 20.1 Å². The number of rotatable bonds is 5. The molecule has 0 radical (unpaired) electrons. The number of hydrogen-bond acceptors (Lipinski definition) is 4. The van der Waals surface area contributed by atoms with Gasteiger partial charge in [0.25, 0.3) is 0 Å². The van der Waals surface area contributed by atoms with Gasteiger partial charge in [-0.2, -0.15) is 13.2 Å². The van der Waals surface area contributed by atoms with E-state index in [-0.39, 0.29) is 23.1 Å². The summed E-state index contributed by atoms with van der Waals surface area (Å²) < 4.78 is 63.3. The molecule has 1 heterocycles. The minimum absolute atomic E-state index is 0.0957. The Bertz CT molecular complexity index is 1090. The lowest BCUT2D eigenvalue weighted by atomic mass is 9.63. The number of ether oxygens (including phenoxy) is 2. The van der Waals surface area contributed by atoms with Crippen molar-refractivity contribution in [3.63, 3.8) is 0 Å². The van der Waals surface area contributed by atoms with Crippen molar-refractivity contribution < 1.29 is 31.8 Å². The molecule has 2 aromatic carbocycles. The predicted octanol–water partition coefficient (Wildman–Crippen LogP) is 5.04. The van der Waals surface area contributed by atoms with Gasteiger partial charge in [0, 0.05) is 30.2 Å². The molecule has 0 bridgehead atoms. The molecule has 1 saturated heterocycles. The highest BCUT2D eigenvalue weighted by Crippen LogP contribution is 2.49. The summed E-state index contributed by atoms with van der Waals surface area (Å²) in [6.07, 6.45) is -2.58. The van der Waals surface area contributed by atoms with Gasteiger partial charge in [-0.15, -0.1) is 0 Å². The average molecular weight is 496 g/mol. The van der Waals surface area contributed by atoms with Crippen molar-refractivity contribution >= 4 is 11.7 Å². The van der Waals surface area contributed by atoms with E-state index in [1.54, 1.807) is 14.2 Å². The second-order valence-electron chi connectivity index (χ2n) is 9.38. The summed E-state index contributed by atoms with van der Waals surface area (Å²) in [5, 5.41) is 5.30. The van der Waals surface area contributed by atoms with Crippen LogP contribution in [0.25, 0.3) is 0 Å². The van der Waals surface area contributed by atoms with Crippen molar-refractivity contribution in [1.82, 2.24) is 10.2 Å². The second-order valence-corrected chi connectivity index (χ2v) is 9.38. The highest BCUT2D eigenvalue weighted by Gasteiger charge is 2.50. The summed E-state index contributed by atoms with van der Waals surface area (Å²) in [6, 6.07) is 7.67. The number of urea groups is 1. The van der Waals surface area contributed by atoms with Crippen molar-refractivity contribution in [2.45, 2.75) is 36.9 Å². The van der Waals surface area contributed by atoms with Gasteiger partial charge in [0.15, 0.2) is 11.5 Å². The van der Waals surface area contributed by atoms with E-state index in [4.69, 9.17) is 9.47 Å². The number of nitrogens with one attached hydrogen (secondary N) is 2. The molecule has 3 atom stereocenters. The van der Waals surface area contributed by atoms with Crippen LogP contribution in [0.5, 0.6) is 11.5 Å². The van der Waals surface area contributed by atoms with E-state index >= 15 is 0 Å². The molecule has 10 heteroatoms. The summed E-state index contributed by atoms with van der Waals surface area (Å²) in [4.78, 5) is 14.8. The predicted molar refractivity (Wildman–Crippen MR) is 123 cm³/mol. The number of alkyl halides is 3. The summed E-state index contributed by atoms with van der Waals surface area (Å²) in [5.74, 6) is 0.224. The number of halogens is 4. The largest absolute Gasteiger partial charge is 0.493 e. The number of carbonyl (C=O) groups is 1. The molecule has 0 unspecified atom stereocenters. The van der Waals surface area contributed by atoms with Gasteiger partial charge in [-0.05, 0) is 68.1 Å². The lowest BCUT2D eigenvalue weighted by molar-refractivity contribution is -0.139. The van der Waals surface area contributed by atoms with Crippen LogP contribution in [0.15, 0.2) is 36.4 Å². The van der Waals surface area contributed by atoms with Crippen molar-refractivity contribution in [2.75, 3.05) is 39.7 Å². The van der Waals surface area contributed by atoms with Gasteiger partial charge in [0.2, 0.25) is 0 Å². The zero-order valence-electron chi connectivity index (χ0n) is 19.8. The van der Waals surface area contributed by atoms with Gasteiger partial charge in [-0.1, -0.05) is 6.07 Å². The molecule has 2 aliphatic rings. The Balaban J connectivity index is 1.46. The van der Waals surface area contributed by atoms with Crippen LogP contribution in [0.4, 0.5) is 28.0 Å². The minimum Gasteiger partial charge on any atom is -0.493 e. The number of methoxy groups -OCH3 is 2. The number of nitrogens with zero attached hydrogens (tertiary/aromatic N) is 1. The molecular weight excluding hydrogens is 466 g/mol. The molecule has 1 saturated carbocycles. The van der Waals surface area contributed by atoms with E-state index in [2.05, 4.69) is 28.6 Å². The van der Waals surface area contributed by atoms with Gasteiger partial charge >= 0.3 is 12.2 Å². The van der Waals surface area contributed by atoms with E-state index in [0.29, 0.717) is 30.1 Å². The minimum atomic E-state index is -4.84. The molecule has 6 nitrogen and oxygen atoms in total. The van der Waals surface area contributed by atoms with Gasteiger partial charge in [-0.25, -0.2) is 9.18 Å². The lowest BCUT2D eigenvalue weighted by Crippen LogP contribution is -2.48. The van der Waals surface area contributed by atoms with Gasteiger partial charge < -0.3 is 25.0 Å². The molecular formula is C25H29F4N3O3. The Kier molecular flexibility index (Phi) is 6.86. The molecule has 1 aliphatic carbocycles. The molecule has 1 aliphatic heterocycles. The van der Waals surface area contributed by atoms with Crippen molar-refractivity contribution in [1.29, 1.82) is 0 Å². The summed E-state index contributed by atoms with van der Waals surface area (Å²) in [7, 11) is 5.28. The van der Waals surface area contributed by atoms with E-state index in [9.17, 15) is 22.4 Å². The Morgan fingerprint density at radius 2 is 1.86 bits per heavy atom. The topological polar surface area (TPSA) is 62.8 Å². The molecule has 190 valence electrons. The molecule has 2 N–H and O–H groups in total. The van der Waals surface area contributed by atoms with E-state index in [0.717, 1.165) is 32.0 Å². The molecule has 2 amide bonds. The zero-order chi connectivity index (χ0) is 25.4. The third kappa shape index (κ3) is 5.03. The first-order chi connectivity index (χ1) is 16.6. The lowest BCUT2D eigenvalue weighted by Gasteiger charge is -2.42. The Morgan fingerprint density at radius 1 is 1.11 bits per heavy atom. The average Bonchev–Trinajstić information content (AvgIpc) is 3.15. The van der Waals surface area contributed by atoms with Crippen molar-refractivity contribution in [3.05, 3.63) is 53.3 Å². The van der Waals surface area contributed by atoms with E-state index < -0.39 is 23.6 Å². The number of carbonyl (C=O) groups excluding carboxylic acids is 1. The molecule has 4 rings (SSSR count). The molecule has 0 spiro atoms. The Labute approximate surface area is 201 Å². The van der Waals surface area contributed by atoms with Crippen molar-refractivity contribution in [3.8, 4) is 11.5 Å². The maximum absolute atomic E-state index is 13.5. The highest BCUT2D eigenvalue weighted by atomic mass is 19.4. The number of likely N-dealkylation sites (tertiary alicyclic amines) is 1. The Hall–Kier alpha value is -3.01. The maximum atomic E-state index is 13.5. The standard InChI is InChI=1S/C25H29F4N3O3/c1-32-13-16-10-18(31-23(33)30-17-5-6-20(26)19(12-17)25(27,28)29)8-9-24(16,14-32)15-4-7-21(34-2)22(11-15)35-3/h4-7,11-12,16,18H,8-10,13-14H2,1-3H3,(H2,30,31,33)/t16-,18+,24+/m1/s1.